The van der Waals surface area contributed by atoms with E-state index in [1.807, 2.05) is 18.2 Å². The van der Waals surface area contributed by atoms with E-state index in [1.165, 1.54) is 11.1 Å². The lowest BCUT2D eigenvalue weighted by Crippen LogP contribution is -2.27. The van der Waals surface area contributed by atoms with E-state index in [2.05, 4.69) is 48.6 Å². The fraction of sp³-hybridized carbons (Fsp3) is 0.294. The Balaban J connectivity index is 0.00000200. The van der Waals surface area contributed by atoms with Crippen LogP contribution >= 0.6 is 12.4 Å². The van der Waals surface area contributed by atoms with Gasteiger partial charge >= 0.3 is 0 Å². The molecule has 2 aromatic rings. The van der Waals surface area contributed by atoms with Gasteiger partial charge in [0.2, 0.25) is 0 Å². The number of nitrogens with one attached hydrogen (secondary N) is 1. The van der Waals surface area contributed by atoms with Gasteiger partial charge in [-0.25, -0.2) is 0 Å². The SMILES string of the molecule is COc1ccc(CC(C)NCc2ccccc2)cc1.Cl. The highest BCUT2D eigenvalue weighted by Crippen LogP contribution is 2.12. The Labute approximate surface area is 127 Å². The van der Waals surface area contributed by atoms with E-state index in [4.69, 9.17) is 4.74 Å². The standard InChI is InChI=1S/C17H21NO.ClH/c1-14(18-13-16-6-4-3-5-7-16)12-15-8-10-17(19-2)11-9-15;/h3-11,14,18H,12-13H2,1-2H3;1H. The lowest BCUT2D eigenvalue weighted by molar-refractivity contribution is 0.414. The molecule has 0 aromatic heterocycles. The van der Waals surface area contributed by atoms with E-state index in [1.54, 1.807) is 7.11 Å². The summed E-state index contributed by atoms with van der Waals surface area (Å²) in [6.45, 7) is 3.13. The summed E-state index contributed by atoms with van der Waals surface area (Å²) < 4.78 is 5.16. The van der Waals surface area contributed by atoms with Crippen LogP contribution in [0.2, 0.25) is 0 Å². The summed E-state index contributed by atoms with van der Waals surface area (Å²) in [5.74, 6) is 0.911. The summed E-state index contributed by atoms with van der Waals surface area (Å²) in [6, 6.07) is 19.2. The summed E-state index contributed by atoms with van der Waals surface area (Å²) in [6.07, 6.45) is 1.02. The fourth-order valence-electron chi connectivity index (χ4n) is 2.08. The molecule has 0 amide bonds. The molecular weight excluding hydrogens is 270 g/mol. The van der Waals surface area contributed by atoms with Gasteiger partial charge in [-0.15, -0.1) is 12.4 Å². The van der Waals surface area contributed by atoms with E-state index < -0.39 is 0 Å². The number of hydrogen-bond acceptors (Lipinski definition) is 2. The van der Waals surface area contributed by atoms with Crippen molar-refractivity contribution in [2.75, 3.05) is 7.11 Å². The maximum absolute atomic E-state index is 5.16. The minimum Gasteiger partial charge on any atom is -0.497 e. The molecule has 0 spiro atoms. The molecule has 108 valence electrons. The maximum atomic E-state index is 5.16. The molecule has 2 nitrogen and oxygen atoms in total. The molecule has 1 unspecified atom stereocenters. The number of methoxy groups -OCH3 is 1. The molecule has 1 atom stereocenters. The van der Waals surface area contributed by atoms with Crippen molar-refractivity contribution >= 4 is 12.4 Å². The molecule has 0 aliphatic rings. The van der Waals surface area contributed by atoms with Crippen molar-refractivity contribution in [2.24, 2.45) is 0 Å². The second-order valence-electron chi connectivity index (χ2n) is 4.82. The van der Waals surface area contributed by atoms with E-state index in [-0.39, 0.29) is 12.4 Å². The van der Waals surface area contributed by atoms with E-state index in [0.717, 1.165) is 18.7 Å². The third kappa shape index (κ3) is 5.24. The van der Waals surface area contributed by atoms with Gasteiger partial charge in [0, 0.05) is 12.6 Å². The van der Waals surface area contributed by atoms with Crippen LogP contribution in [0, 0.1) is 0 Å². The van der Waals surface area contributed by atoms with Gasteiger partial charge in [0.05, 0.1) is 7.11 Å². The van der Waals surface area contributed by atoms with Gasteiger partial charge in [-0.05, 0) is 36.6 Å². The summed E-state index contributed by atoms with van der Waals surface area (Å²) >= 11 is 0. The van der Waals surface area contributed by atoms with Gasteiger partial charge in [-0.2, -0.15) is 0 Å². The highest BCUT2D eigenvalue weighted by atomic mass is 35.5. The van der Waals surface area contributed by atoms with Crippen molar-refractivity contribution in [3.63, 3.8) is 0 Å². The molecule has 0 bridgehead atoms. The zero-order valence-corrected chi connectivity index (χ0v) is 12.8. The van der Waals surface area contributed by atoms with E-state index in [9.17, 15) is 0 Å². The summed E-state index contributed by atoms with van der Waals surface area (Å²) in [4.78, 5) is 0. The molecule has 1 N–H and O–H groups in total. The normalized spacial score (nSPS) is 11.5. The quantitative estimate of drug-likeness (QED) is 0.873. The molecule has 3 heteroatoms. The van der Waals surface area contributed by atoms with Crippen molar-refractivity contribution < 1.29 is 4.74 Å². The van der Waals surface area contributed by atoms with Gasteiger partial charge in [0.15, 0.2) is 0 Å². The first-order valence-corrected chi connectivity index (χ1v) is 6.68. The Kier molecular flexibility index (Phi) is 7.13. The van der Waals surface area contributed by atoms with Crippen LogP contribution < -0.4 is 10.1 Å². The number of ether oxygens (including phenoxy) is 1. The summed E-state index contributed by atoms with van der Waals surface area (Å²) in [5, 5.41) is 3.54. The third-order valence-corrected chi connectivity index (χ3v) is 3.20. The summed E-state index contributed by atoms with van der Waals surface area (Å²) in [5.41, 5.74) is 2.65. The van der Waals surface area contributed by atoms with Crippen molar-refractivity contribution in [3.8, 4) is 5.75 Å². The van der Waals surface area contributed by atoms with Crippen LogP contribution in [0.1, 0.15) is 18.1 Å². The van der Waals surface area contributed by atoms with Crippen molar-refractivity contribution in [3.05, 3.63) is 65.7 Å². The molecule has 0 aliphatic carbocycles. The van der Waals surface area contributed by atoms with Crippen LogP contribution in [-0.4, -0.2) is 13.2 Å². The van der Waals surface area contributed by atoms with Crippen LogP contribution in [0.3, 0.4) is 0 Å². The van der Waals surface area contributed by atoms with Crippen LogP contribution in [-0.2, 0) is 13.0 Å². The Bertz CT molecular complexity index is 484. The number of rotatable bonds is 6. The first kappa shape index (κ1) is 16.5. The molecule has 20 heavy (non-hydrogen) atoms. The van der Waals surface area contributed by atoms with Crippen molar-refractivity contribution in [1.82, 2.24) is 5.32 Å². The van der Waals surface area contributed by atoms with Crippen LogP contribution in [0.5, 0.6) is 5.75 Å². The number of benzene rings is 2. The predicted octanol–water partition coefficient (Wildman–Crippen LogP) is 3.84. The molecule has 2 aromatic carbocycles. The molecule has 0 fully saturated rings. The molecule has 0 radical (unpaired) electrons. The predicted molar refractivity (Wildman–Crippen MR) is 86.7 cm³/mol. The maximum Gasteiger partial charge on any atom is 0.118 e. The van der Waals surface area contributed by atoms with Gasteiger partial charge in [0.1, 0.15) is 5.75 Å². The smallest absolute Gasteiger partial charge is 0.118 e. The van der Waals surface area contributed by atoms with E-state index >= 15 is 0 Å². The van der Waals surface area contributed by atoms with Crippen LogP contribution in [0.15, 0.2) is 54.6 Å². The Morgan fingerprint density at radius 1 is 0.950 bits per heavy atom. The minimum absolute atomic E-state index is 0. The average molecular weight is 292 g/mol. The first-order valence-electron chi connectivity index (χ1n) is 6.68. The topological polar surface area (TPSA) is 21.3 Å². The van der Waals surface area contributed by atoms with E-state index in [0.29, 0.717) is 6.04 Å². The largest absolute Gasteiger partial charge is 0.497 e. The van der Waals surface area contributed by atoms with Gasteiger partial charge < -0.3 is 10.1 Å². The molecular formula is C17H22ClNO. The van der Waals surface area contributed by atoms with Crippen molar-refractivity contribution in [1.29, 1.82) is 0 Å². The first-order chi connectivity index (χ1) is 9.28. The zero-order chi connectivity index (χ0) is 13.5. The molecule has 0 aliphatic heterocycles. The lowest BCUT2D eigenvalue weighted by atomic mass is 10.1. The molecule has 0 saturated heterocycles. The monoisotopic (exact) mass is 291 g/mol. The Morgan fingerprint density at radius 3 is 2.20 bits per heavy atom. The zero-order valence-electron chi connectivity index (χ0n) is 12.0. The minimum atomic E-state index is 0. The van der Waals surface area contributed by atoms with Gasteiger partial charge in [-0.3, -0.25) is 0 Å². The summed E-state index contributed by atoms with van der Waals surface area (Å²) in [7, 11) is 1.69. The Hall–Kier alpha value is -1.51. The van der Waals surface area contributed by atoms with Gasteiger partial charge in [0.25, 0.3) is 0 Å². The molecule has 0 saturated carbocycles. The fourth-order valence-corrected chi connectivity index (χ4v) is 2.08. The second-order valence-corrected chi connectivity index (χ2v) is 4.82. The van der Waals surface area contributed by atoms with Crippen molar-refractivity contribution in [2.45, 2.75) is 25.9 Å². The third-order valence-electron chi connectivity index (χ3n) is 3.20. The molecule has 2 rings (SSSR count). The highest BCUT2D eigenvalue weighted by Gasteiger charge is 2.03. The van der Waals surface area contributed by atoms with Gasteiger partial charge in [-0.1, -0.05) is 42.5 Å². The lowest BCUT2D eigenvalue weighted by Gasteiger charge is -2.14. The Morgan fingerprint density at radius 2 is 1.60 bits per heavy atom. The number of halogens is 1. The number of hydrogen-bond donors (Lipinski definition) is 1. The molecule has 0 heterocycles. The van der Waals surface area contributed by atoms with Crippen LogP contribution in [0.25, 0.3) is 0 Å². The average Bonchev–Trinajstić information content (AvgIpc) is 2.47. The second kappa shape index (κ2) is 8.62. The highest BCUT2D eigenvalue weighted by molar-refractivity contribution is 5.85. The van der Waals surface area contributed by atoms with Crippen LogP contribution in [0.4, 0.5) is 0 Å².